The highest BCUT2D eigenvalue weighted by molar-refractivity contribution is 7.09. The van der Waals surface area contributed by atoms with Crippen molar-refractivity contribution in [2.75, 3.05) is 13.7 Å². The number of furan rings is 1. The van der Waals surface area contributed by atoms with Crippen LogP contribution in [0.25, 0.3) is 0 Å². The van der Waals surface area contributed by atoms with Crippen molar-refractivity contribution in [2.24, 2.45) is 0 Å². The predicted octanol–water partition coefficient (Wildman–Crippen LogP) is 2.21. The van der Waals surface area contributed by atoms with E-state index in [4.69, 9.17) is 9.15 Å². The minimum absolute atomic E-state index is 0.0853. The maximum absolute atomic E-state index is 5.36. The van der Waals surface area contributed by atoms with Crippen LogP contribution < -0.4 is 5.32 Å². The van der Waals surface area contributed by atoms with Crippen LogP contribution in [0.15, 0.2) is 34.5 Å². The number of thiazole rings is 1. The summed E-state index contributed by atoms with van der Waals surface area (Å²) in [6, 6.07) is 3.91. The van der Waals surface area contributed by atoms with Crippen LogP contribution in [0.4, 0.5) is 0 Å². The second-order valence-electron chi connectivity index (χ2n) is 3.37. The molecule has 0 spiro atoms. The molecule has 1 atom stereocenters. The van der Waals surface area contributed by atoms with Crippen molar-refractivity contribution >= 4 is 11.3 Å². The molecule has 0 bridgehead atoms. The maximum Gasteiger partial charge on any atom is 0.123 e. The first-order chi connectivity index (χ1) is 7.90. The van der Waals surface area contributed by atoms with Gasteiger partial charge in [0.25, 0.3) is 0 Å². The Morgan fingerprint density at radius 3 is 3.19 bits per heavy atom. The van der Waals surface area contributed by atoms with Gasteiger partial charge in [-0.25, -0.2) is 0 Å². The highest BCUT2D eigenvalue weighted by Gasteiger charge is 2.13. The van der Waals surface area contributed by atoms with Gasteiger partial charge in [0.2, 0.25) is 0 Å². The summed E-state index contributed by atoms with van der Waals surface area (Å²) in [4.78, 5) is 5.23. The zero-order valence-electron chi connectivity index (χ0n) is 9.05. The fourth-order valence-electron chi connectivity index (χ4n) is 1.45. The molecule has 0 saturated heterocycles. The van der Waals surface area contributed by atoms with Gasteiger partial charge in [0, 0.05) is 24.7 Å². The van der Waals surface area contributed by atoms with Crippen molar-refractivity contribution in [1.82, 2.24) is 10.3 Å². The summed E-state index contributed by atoms with van der Waals surface area (Å²) in [5.41, 5.74) is 1.83. The van der Waals surface area contributed by atoms with E-state index >= 15 is 0 Å². The Hall–Kier alpha value is -1.17. The van der Waals surface area contributed by atoms with E-state index in [2.05, 4.69) is 10.3 Å². The number of hydrogen-bond acceptors (Lipinski definition) is 5. The average molecular weight is 238 g/mol. The van der Waals surface area contributed by atoms with Crippen molar-refractivity contribution in [3.63, 3.8) is 0 Å². The SMILES string of the molecule is COCC(NCc1cncs1)c1ccco1. The molecule has 0 aliphatic carbocycles. The van der Waals surface area contributed by atoms with Gasteiger partial charge in [0.15, 0.2) is 0 Å². The smallest absolute Gasteiger partial charge is 0.123 e. The summed E-state index contributed by atoms with van der Waals surface area (Å²) >= 11 is 1.64. The molecule has 16 heavy (non-hydrogen) atoms. The molecule has 0 aliphatic rings. The van der Waals surface area contributed by atoms with Crippen molar-refractivity contribution in [3.8, 4) is 0 Å². The molecule has 0 radical (unpaired) electrons. The summed E-state index contributed by atoms with van der Waals surface area (Å²) in [5, 5.41) is 3.38. The number of hydrogen-bond donors (Lipinski definition) is 1. The Morgan fingerprint density at radius 1 is 1.62 bits per heavy atom. The highest BCUT2D eigenvalue weighted by atomic mass is 32.1. The van der Waals surface area contributed by atoms with Crippen molar-refractivity contribution in [2.45, 2.75) is 12.6 Å². The molecular weight excluding hydrogens is 224 g/mol. The molecule has 1 N–H and O–H groups in total. The molecule has 0 amide bonds. The zero-order valence-corrected chi connectivity index (χ0v) is 9.87. The van der Waals surface area contributed by atoms with Crippen LogP contribution in [-0.2, 0) is 11.3 Å². The lowest BCUT2D eigenvalue weighted by Gasteiger charge is -2.14. The fourth-order valence-corrected chi connectivity index (χ4v) is 2.00. The van der Waals surface area contributed by atoms with Gasteiger partial charge < -0.3 is 14.5 Å². The largest absolute Gasteiger partial charge is 0.468 e. The average Bonchev–Trinajstić information content (AvgIpc) is 2.96. The maximum atomic E-state index is 5.36. The standard InChI is InChI=1S/C11H14N2O2S/c1-14-7-10(11-3-2-4-15-11)13-6-9-5-12-8-16-9/h2-5,8,10,13H,6-7H2,1H3. The number of rotatable bonds is 6. The minimum Gasteiger partial charge on any atom is -0.468 e. The van der Waals surface area contributed by atoms with E-state index in [1.807, 2.05) is 23.8 Å². The fraction of sp³-hybridized carbons (Fsp3) is 0.364. The van der Waals surface area contributed by atoms with Gasteiger partial charge in [-0.3, -0.25) is 4.98 Å². The first-order valence-corrected chi connectivity index (χ1v) is 5.91. The van der Waals surface area contributed by atoms with E-state index in [1.165, 1.54) is 4.88 Å². The Bertz CT molecular complexity index is 386. The first kappa shape index (κ1) is 11.3. The Labute approximate surface area is 98.3 Å². The molecule has 0 saturated carbocycles. The van der Waals surface area contributed by atoms with Crippen LogP contribution >= 0.6 is 11.3 Å². The number of methoxy groups -OCH3 is 1. The van der Waals surface area contributed by atoms with Crippen molar-refractivity contribution < 1.29 is 9.15 Å². The third-order valence-electron chi connectivity index (χ3n) is 2.23. The molecule has 2 heterocycles. The third kappa shape index (κ3) is 2.91. The van der Waals surface area contributed by atoms with Crippen molar-refractivity contribution in [1.29, 1.82) is 0 Å². The van der Waals surface area contributed by atoms with Crippen LogP contribution in [0.3, 0.4) is 0 Å². The summed E-state index contributed by atoms with van der Waals surface area (Å²) in [7, 11) is 1.68. The molecule has 2 rings (SSSR count). The number of nitrogens with one attached hydrogen (secondary N) is 1. The van der Waals surface area contributed by atoms with Gasteiger partial charge in [-0.15, -0.1) is 11.3 Å². The Kier molecular flexibility index (Phi) is 4.10. The van der Waals surface area contributed by atoms with E-state index in [0.717, 1.165) is 12.3 Å². The predicted molar refractivity (Wildman–Crippen MR) is 62.3 cm³/mol. The quantitative estimate of drug-likeness (QED) is 0.838. The van der Waals surface area contributed by atoms with E-state index in [-0.39, 0.29) is 6.04 Å². The van der Waals surface area contributed by atoms with Gasteiger partial charge in [-0.05, 0) is 12.1 Å². The van der Waals surface area contributed by atoms with Crippen LogP contribution in [0.1, 0.15) is 16.7 Å². The van der Waals surface area contributed by atoms with Crippen LogP contribution in [0.2, 0.25) is 0 Å². The molecular formula is C11H14N2O2S. The second-order valence-corrected chi connectivity index (χ2v) is 4.34. The highest BCUT2D eigenvalue weighted by Crippen LogP contribution is 2.15. The van der Waals surface area contributed by atoms with Gasteiger partial charge in [0.1, 0.15) is 5.76 Å². The third-order valence-corrected chi connectivity index (χ3v) is 3.01. The number of aromatic nitrogens is 1. The molecule has 2 aromatic rings. The van der Waals surface area contributed by atoms with Gasteiger partial charge in [0.05, 0.1) is 24.4 Å². The van der Waals surface area contributed by atoms with Gasteiger partial charge >= 0.3 is 0 Å². The number of ether oxygens (including phenoxy) is 1. The number of nitrogens with zero attached hydrogens (tertiary/aromatic N) is 1. The van der Waals surface area contributed by atoms with Gasteiger partial charge in [-0.1, -0.05) is 0 Å². The van der Waals surface area contributed by atoms with Crippen LogP contribution in [0.5, 0.6) is 0 Å². The lowest BCUT2D eigenvalue weighted by Crippen LogP contribution is -2.24. The van der Waals surface area contributed by atoms with E-state index in [1.54, 1.807) is 24.7 Å². The van der Waals surface area contributed by atoms with Crippen molar-refractivity contribution in [3.05, 3.63) is 40.7 Å². The molecule has 0 aliphatic heterocycles. The monoisotopic (exact) mass is 238 g/mol. The lowest BCUT2D eigenvalue weighted by molar-refractivity contribution is 0.156. The Balaban J connectivity index is 1.93. The summed E-state index contributed by atoms with van der Waals surface area (Å²) in [6.45, 7) is 1.37. The zero-order chi connectivity index (χ0) is 11.2. The molecule has 2 aromatic heterocycles. The lowest BCUT2D eigenvalue weighted by atomic mass is 10.2. The van der Waals surface area contributed by atoms with E-state index in [9.17, 15) is 0 Å². The molecule has 86 valence electrons. The summed E-state index contributed by atoms with van der Waals surface area (Å²) < 4.78 is 10.5. The van der Waals surface area contributed by atoms with E-state index in [0.29, 0.717) is 6.61 Å². The molecule has 5 heteroatoms. The van der Waals surface area contributed by atoms with Crippen LogP contribution in [-0.4, -0.2) is 18.7 Å². The molecule has 0 aromatic carbocycles. The summed E-state index contributed by atoms with van der Waals surface area (Å²) in [5.74, 6) is 0.895. The first-order valence-electron chi connectivity index (χ1n) is 5.03. The normalized spacial score (nSPS) is 12.8. The molecule has 4 nitrogen and oxygen atoms in total. The second kappa shape index (κ2) is 5.79. The molecule has 1 unspecified atom stereocenters. The Morgan fingerprint density at radius 2 is 2.56 bits per heavy atom. The summed E-state index contributed by atoms with van der Waals surface area (Å²) in [6.07, 6.45) is 3.54. The topological polar surface area (TPSA) is 47.3 Å². The van der Waals surface area contributed by atoms with E-state index < -0.39 is 0 Å². The van der Waals surface area contributed by atoms with Crippen LogP contribution in [0, 0.1) is 0 Å². The molecule has 0 fully saturated rings. The van der Waals surface area contributed by atoms with Gasteiger partial charge in [-0.2, -0.15) is 0 Å². The minimum atomic E-state index is 0.0853.